The first-order chi connectivity index (χ1) is 11.8. The molecule has 2 aliphatic rings. The van der Waals surface area contributed by atoms with E-state index < -0.39 is 0 Å². The first-order valence-corrected chi connectivity index (χ1v) is 9.73. The Labute approximate surface area is 146 Å². The zero-order valence-electron chi connectivity index (χ0n) is 14.8. The molecular weight excluding hydrogens is 298 g/mol. The molecule has 0 aromatic carbocycles. The number of hydrogen-bond donors (Lipinski definition) is 1. The number of pyridine rings is 1. The van der Waals surface area contributed by atoms with E-state index in [1.165, 1.54) is 57.1 Å². The Morgan fingerprint density at radius 1 is 1.08 bits per heavy atom. The second-order valence-electron chi connectivity index (χ2n) is 7.40. The third-order valence-electron chi connectivity index (χ3n) is 5.55. The van der Waals surface area contributed by atoms with Crippen LogP contribution in [0.2, 0.25) is 0 Å². The van der Waals surface area contributed by atoms with Gasteiger partial charge < -0.3 is 5.32 Å². The van der Waals surface area contributed by atoms with Gasteiger partial charge in [0.1, 0.15) is 0 Å². The van der Waals surface area contributed by atoms with Gasteiger partial charge in [0.2, 0.25) is 5.91 Å². The molecule has 0 unspecified atom stereocenters. The number of nitrogens with zero attached hydrogens (tertiary/aromatic N) is 2. The van der Waals surface area contributed by atoms with Gasteiger partial charge >= 0.3 is 0 Å². The predicted octanol–water partition coefficient (Wildman–Crippen LogP) is 3.32. The lowest BCUT2D eigenvalue weighted by molar-refractivity contribution is -0.122. The SMILES string of the molecule is O=C(CCc1ccncc1)N[C@@H]1CCCN(C2CCCCCC2)C1. The number of aromatic nitrogens is 1. The maximum Gasteiger partial charge on any atom is 0.220 e. The van der Waals surface area contributed by atoms with Crippen molar-refractivity contribution < 1.29 is 4.79 Å². The van der Waals surface area contributed by atoms with E-state index in [0.717, 1.165) is 25.4 Å². The quantitative estimate of drug-likeness (QED) is 0.843. The normalized spacial score (nSPS) is 23.6. The third-order valence-corrected chi connectivity index (χ3v) is 5.55. The molecule has 4 heteroatoms. The Kier molecular flexibility index (Phi) is 6.65. The Morgan fingerprint density at radius 3 is 2.58 bits per heavy atom. The van der Waals surface area contributed by atoms with Crippen LogP contribution >= 0.6 is 0 Å². The van der Waals surface area contributed by atoms with E-state index in [4.69, 9.17) is 0 Å². The van der Waals surface area contributed by atoms with Gasteiger partial charge in [0, 0.05) is 37.4 Å². The molecule has 2 fully saturated rings. The van der Waals surface area contributed by atoms with Crippen molar-refractivity contribution in [1.29, 1.82) is 0 Å². The number of piperidine rings is 1. The largest absolute Gasteiger partial charge is 0.352 e. The fourth-order valence-corrected chi connectivity index (χ4v) is 4.19. The molecule has 3 rings (SSSR count). The van der Waals surface area contributed by atoms with Gasteiger partial charge in [-0.1, -0.05) is 25.7 Å². The Bertz CT molecular complexity index is 497. The monoisotopic (exact) mass is 329 g/mol. The molecule has 1 aliphatic carbocycles. The zero-order valence-corrected chi connectivity index (χ0v) is 14.8. The maximum absolute atomic E-state index is 12.3. The van der Waals surface area contributed by atoms with Gasteiger partial charge in [0.05, 0.1) is 0 Å². The van der Waals surface area contributed by atoms with Gasteiger partial charge in [-0.15, -0.1) is 0 Å². The lowest BCUT2D eigenvalue weighted by Gasteiger charge is -2.38. The van der Waals surface area contributed by atoms with Gasteiger partial charge in [-0.2, -0.15) is 0 Å². The summed E-state index contributed by atoms with van der Waals surface area (Å²) in [5.41, 5.74) is 1.18. The molecule has 1 aromatic heterocycles. The van der Waals surface area contributed by atoms with Crippen molar-refractivity contribution in [2.24, 2.45) is 0 Å². The third kappa shape index (κ3) is 5.30. The van der Waals surface area contributed by atoms with E-state index in [1.807, 2.05) is 12.1 Å². The summed E-state index contributed by atoms with van der Waals surface area (Å²) >= 11 is 0. The first-order valence-electron chi connectivity index (χ1n) is 9.73. The maximum atomic E-state index is 12.3. The minimum Gasteiger partial charge on any atom is -0.352 e. The standard InChI is InChI=1S/C20H31N3O/c24-20(10-9-17-11-13-21-14-12-17)22-18-6-5-15-23(16-18)19-7-3-1-2-4-8-19/h11-14,18-19H,1-10,15-16H2,(H,22,24)/t18-/m1/s1. The van der Waals surface area contributed by atoms with Crippen molar-refractivity contribution in [3.63, 3.8) is 0 Å². The number of carbonyl (C=O) groups excluding carboxylic acids is 1. The number of rotatable bonds is 5. The van der Waals surface area contributed by atoms with Crippen LogP contribution in [-0.4, -0.2) is 41.0 Å². The summed E-state index contributed by atoms with van der Waals surface area (Å²) in [6, 6.07) is 5.07. The van der Waals surface area contributed by atoms with Crippen LogP contribution in [0.4, 0.5) is 0 Å². The molecule has 1 N–H and O–H groups in total. The van der Waals surface area contributed by atoms with Crippen LogP contribution in [0, 0.1) is 0 Å². The number of aryl methyl sites for hydroxylation is 1. The van der Waals surface area contributed by atoms with Crippen LogP contribution in [0.1, 0.15) is 63.4 Å². The van der Waals surface area contributed by atoms with Crippen molar-refractivity contribution in [3.05, 3.63) is 30.1 Å². The molecule has 1 saturated carbocycles. The van der Waals surface area contributed by atoms with Crippen molar-refractivity contribution in [2.75, 3.05) is 13.1 Å². The van der Waals surface area contributed by atoms with E-state index in [2.05, 4.69) is 15.2 Å². The Morgan fingerprint density at radius 2 is 1.83 bits per heavy atom. The highest BCUT2D eigenvalue weighted by Gasteiger charge is 2.27. The van der Waals surface area contributed by atoms with Crippen LogP contribution in [0.15, 0.2) is 24.5 Å². The molecule has 4 nitrogen and oxygen atoms in total. The lowest BCUT2D eigenvalue weighted by Crippen LogP contribution is -2.50. The predicted molar refractivity (Wildman–Crippen MR) is 96.8 cm³/mol. The summed E-state index contributed by atoms with van der Waals surface area (Å²) < 4.78 is 0. The number of amides is 1. The number of carbonyl (C=O) groups is 1. The number of nitrogens with one attached hydrogen (secondary N) is 1. The van der Waals surface area contributed by atoms with Crippen LogP contribution in [0.25, 0.3) is 0 Å². The van der Waals surface area contributed by atoms with Crippen molar-refractivity contribution in [3.8, 4) is 0 Å². The molecule has 1 saturated heterocycles. The van der Waals surface area contributed by atoms with E-state index in [-0.39, 0.29) is 5.91 Å². The second-order valence-corrected chi connectivity index (χ2v) is 7.40. The minimum atomic E-state index is 0.194. The van der Waals surface area contributed by atoms with Crippen LogP contribution in [-0.2, 0) is 11.2 Å². The second kappa shape index (κ2) is 9.16. The van der Waals surface area contributed by atoms with Crippen molar-refractivity contribution >= 4 is 5.91 Å². The zero-order chi connectivity index (χ0) is 16.6. The van der Waals surface area contributed by atoms with E-state index in [1.54, 1.807) is 12.4 Å². The van der Waals surface area contributed by atoms with Gasteiger partial charge in [-0.05, 0) is 56.3 Å². The molecule has 0 bridgehead atoms. The molecule has 2 heterocycles. The molecule has 0 spiro atoms. The first kappa shape index (κ1) is 17.4. The summed E-state index contributed by atoms with van der Waals surface area (Å²) in [5, 5.41) is 3.28. The number of hydrogen-bond acceptors (Lipinski definition) is 3. The highest BCUT2D eigenvalue weighted by atomic mass is 16.1. The molecule has 1 aromatic rings. The molecular formula is C20H31N3O. The van der Waals surface area contributed by atoms with Crippen LogP contribution in [0.5, 0.6) is 0 Å². The average molecular weight is 329 g/mol. The van der Waals surface area contributed by atoms with Gasteiger partial charge in [0.15, 0.2) is 0 Å². The summed E-state index contributed by atoms with van der Waals surface area (Å²) in [4.78, 5) is 19.0. The summed E-state index contributed by atoms with van der Waals surface area (Å²) in [6.45, 7) is 2.26. The summed E-state index contributed by atoms with van der Waals surface area (Å²) in [6.07, 6.45) is 15.6. The van der Waals surface area contributed by atoms with Crippen molar-refractivity contribution in [2.45, 2.75) is 76.3 Å². The van der Waals surface area contributed by atoms with Gasteiger partial charge in [-0.25, -0.2) is 0 Å². The average Bonchev–Trinajstić information content (AvgIpc) is 2.91. The highest BCUT2D eigenvalue weighted by Crippen LogP contribution is 2.24. The molecule has 1 amide bonds. The van der Waals surface area contributed by atoms with Gasteiger partial charge in [-0.3, -0.25) is 14.7 Å². The Balaban J connectivity index is 1.43. The van der Waals surface area contributed by atoms with Crippen LogP contribution < -0.4 is 5.32 Å². The fraction of sp³-hybridized carbons (Fsp3) is 0.700. The molecule has 24 heavy (non-hydrogen) atoms. The van der Waals surface area contributed by atoms with E-state index >= 15 is 0 Å². The highest BCUT2D eigenvalue weighted by molar-refractivity contribution is 5.76. The van der Waals surface area contributed by atoms with E-state index in [0.29, 0.717) is 12.5 Å². The van der Waals surface area contributed by atoms with Gasteiger partial charge in [0.25, 0.3) is 0 Å². The molecule has 1 atom stereocenters. The fourth-order valence-electron chi connectivity index (χ4n) is 4.19. The Hall–Kier alpha value is -1.42. The smallest absolute Gasteiger partial charge is 0.220 e. The minimum absolute atomic E-state index is 0.194. The van der Waals surface area contributed by atoms with E-state index in [9.17, 15) is 4.79 Å². The lowest BCUT2D eigenvalue weighted by atomic mass is 9.99. The number of likely N-dealkylation sites (tertiary alicyclic amines) is 1. The summed E-state index contributed by atoms with van der Waals surface area (Å²) in [7, 11) is 0. The molecule has 132 valence electrons. The van der Waals surface area contributed by atoms with Crippen molar-refractivity contribution in [1.82, 2.24) is 15.2 Å². The summed E-state index contributed by atoms with van der Waals surface area (Å²) in [5.74, 6) is 0.194. The molecule has 0 radical (unpaired) electrons. The topological polar surface area (TPSA) is 45.2 Å². The molecule has 1 aliphatic heterocycles. The van der Waals surface area contributed by atoms with Crippen LogP contribution in [0.3, 0.4) is 0 Å².